The molecule has 0 saturated heterocycles. The van der Waals surface area contributed by atoms with Crippen molar-refractivity contribution in [1.29, 1.82) is 0 Å². The lowest BCUT2D eigenvalue weighted by atomic mass is 10.1. The van der Waals surface area contributed by atoms with Crippen LogP contribution in [0.1, 0.15) is 10.4 Å². The zero-order valence-electron chi connectivity index (χ0n) is 6.64. The van der Waals surface area contributed by atoms with Gasteiger partial charge in [0, 0.05) is 11.4 Å². The highest BCUT2D eigenvalue weighted by molar-refractivity contribution is 6.38. The van der Waals surface area contributed by atoms with Crippen LogP contribution in [0.25, 0.3) is 0 Å². The Bertz CT molecular complexity index is 297. The summed E-state index contributed by atoms with van der Waals surface area (Å²) in [6.45, 7) is 0. The fourth-order valence-corrected chi connectivity index (χ4v) is 1.13. The zero-order chi connectivity index (χ0) is 9.84. The molecule has 0 aliphatic carbocycles. The molecule has 1 nitrogen and oxygen atoms in total. The topological polar surface area (TPSA) is 17.1 Å². The Morgan fingerprint density at radius 2 is 1.92 bits per heavy atom. The molecular weight excluding hydrogens is 214 g/mol. The lowest BCUT2D eigenvalue weighted by Gasteiger charge is -2.03. The van der Waals surface area contributed by atoms with E-state index in [1.165, 1.54) is 24.3 Å². The third kappa shape index (κ3) is 2.68. The molecule has 4 heteroatoms. The van der Waals surface area contributed by atoms with E-state index < -0.39 is 5.38 Å². The number of hydrogen-bond acceptors (Lipinski definition) is 1. The highest BCUT2D eigenvalue weighted by Gasteiger charge is 2.15. The molecule has 0 aliphatic rings. The van der Waals surface area contributed by atoms with E-state index in [0.29, 0.717) is 5.56 Å². The van der Waals surface area contributed by atoms with Crippen molar-refractivity contribution in [1.82, 2.24) is 0 Å². The number of hydrogen-bond donors (Lipinski definition) is 0. The van der Waals surface area contributed by atoms with Crippen LogP contribution in [0, 0.1) is 5.82 Å². The molecule has 13 heavy (non-hydrogen) atoms. The van der Waals surface area contributed by atoms with Gasteiger partial charge in [-0.05, 0) is 24.3 Å². The van der Waals surface area contributed by atoms with Gasteiger partial charge in [0.2, 0.25) is 0 Å². The Kier molecular flexibility index (Phi) is 3.70. The molecule has 0 aromatic heterocycles. The molecule has 0 spiro atoms. The minimum atomic E-state index is -0.743. The number of Topliss-reactive ketones (excluding diaryl/α,β-unsaturated/α-hetero) is 1. The number of halogens is 3. The minimum Gasteiger partial charge on any atom is -0.292 e. The maximum atomic E-state index is 12.5. The quantitative estimate of drug-likeness (QED) is 0.566. The van der Waals surface area contributed by atoms with Gasteiger partial charge >= 0.3 is 0 Å². The van der Waals surface area contributed by atoms with Crippen molar-refractivity contribution in [2.75, 3.05) is 5.88 Å². The first-order chi connectivity index (χ1) is 6.15. The average molecular weight is 221 g/mol. The molecule has 1 unspecified atom stereocenters. The van der Waals surface area contributed by atoms with Gasteiger partial charge in [-0.1, -0.05) is 0 Å². The van der Waals surface area contributed by atoms with E-state index in [1.54, 1.807) is 0 Å². The molecule has 0 N–H and O–H groups in total. The maximum absolute atomic E-state index is 12.5. The molecule has 70 valence electrons. The van der Waals surface area contributed by atoms with E-state index in [2.05, 4.69) is 0 Å². The standard InChI is InChI=1S/C9H7Cl2FO/c10-5-8(11)9(13)6-1-3-7(12)4-2-6/h1-4,8H,5H2. The van der Waals surface area contributed by atoms with Crippen LogP contribution >= 0.6 is 23.2 Å². The van der Waals surface area contributed by atoms with Crippen molar-refractivity contribution in [3.8, 4) is 0 Å². The SMILES string of the molecule is O=C(c1ccc(F)cc1)C(Cl)CCl. The smallest absolute Gasteiger partial charge is 0.181 e. The fraction of sp³-hybridized carbons (Fsp3) is 0.222. The van der Waals surface area contributed by atoms with Gasteiger partial charge < -0.3 is 0 Å². The molecule has 1 aromatic carbocycles. The molecule has 1 rings (SSSR count). The molecule has 0 fully saturated rings. The summed E-state index contributed by atoms with van der Waals surface area (Å²) in [5.41, 5.74) is 0.377. The minimum absolute atomic E-state index is 0.0533. The second-order valence-corrected chi connectivity index (χ2v) is 3.33. The Hall–Kier alpha value is -0.600. The number of ketones is 1. The lowest BCUT2D eigenvalue weighted by molar-refractivity contribution is 0.0992. The number of carbonyl (C=O) groups excluding carboxylic acids is 1. The first-order valence-electron chi connectivity index (χ1n) is 3.65. The summed E-state index contributed by atoms with van der Waals surface area (Å²) in [5, 5.41) is -0.743. The summed E-state index contributed by atoms with van der Waals surface area (Å²) < 4.78 is 12.5. The molecule has 0 radical (unpaired) electrons. The van der Waals surface area contributed by atoms with Gasteiger partial charge in [0.15, 0.2) is 5.78 Å². The molecule has 0 bridgehead atoms. The Balaban J connectivity index is 2.83. The molecular formula is C9H7Cl2FO. The van der Waals surface area contributed by atoms with E-state index in [0.717, 1.165) is 0 Å². The molecule has 0 saturated carbocycles. The van der Waals surface area contributed by atoms with Gasteiger partial charge in [0.1, 0.15) is 11.2 Å². The Labute approximate surface area is 85.5 Å². The van der Waals surface area contributed by atoms with Crippen molar-refractivity contribution in [3.63, 3.8) is 0 Å². The van der Waals surface area contributed by atoms with Crippen LogP contribution in [0.5, 0.6) is 0 Å². The van der Waals surface area contributed by atoms with Crippen LogP contribution in [0.2, 0.25) is 0 Å². The predicted octanol–water partition coefficient (Wildman–Crippen LogP) is 2.85. The average Bonchev–Trinajstić information content (AvgIpc) is 2.17. The number of benzene rings is 1. The highest BCUT2D eigenvalue weighted by atomic mass is 35.5. The monoisotopic (exact) mass is 220 g/mol. The van der Waals surface area contributed by atoms with Gasteiger partial charge in [-0.3, -0.25) is 4.79 Å². The first kappa shape index (κ1) is 10.5. The number of rotatable bonds is 3. The van der Waals surface area contributed by atoms with Crippen molar-refractivity contribution in [3.05, 3.63) is 35.6 Å². The van der Waals surface area contributed by atoms with Gasteiger partial charge in [-0.15, -0.1) is 23.2 Å². The fourth-order valence-electron chi connectivity index (χ4n) is 0.865. The molecule has 0 heterocycles. The van der Waals surface area contributed by atoms with Crippen LogP contribution in [0.3, 0.4) is 0 Å². The van der Waals surface area contributed by atoms with Gasteiger partial charge in [0.05, 0.1) is 0 Å². The van der Waals surface area contributed by atoms with Crippen LogP contribution < -0.4 is 0 Å². The summed E-state index contributed by atoms with van der Waals surface area (Å²) in [7, 11) is 0. The Morgan fingerprint density at radius 3 is 2.38 bits per heavy atom. The van der Waals surface area contributed by atoms with Crippen molar-refractivity contribution < 1.29 is 9.18 Å². The van der Waals surface area contributed by atoms with E-state index >= 15 is 0 Å². The second kappa shape index (κ2) is 4.58. The maximum Gasteiger partial charge on any atom is 0.181 e. The normalized spacial score (nSPS) is 12.5. The predicted molar refractivity (Wildman–Crippen MR) is 51.1 cm³/mol. The lowest BCUT2D eigenvalue weighted by Crippen LogP contribution is -2.15. The van der Waals surface area contributed by atoms with E-state index in [1.807, 2.05) is 0 Å². The first-order valence-corrected chi connectivity index (χ1v) is 4.62. The molecule has 1 atom stereocenters. The summed E-state index contributed by atoms with van der Waals surface area (Å²) in [4.78, 5) is 11.3. The van der Waals surface area contributed by atoms with Crippen molar-refractivity contribution in [2.45, 2.75) is 5.38 Å². The third-order valence-corrected chi connectivity index (χ3v) is 2.37. The van der Waals surface area contributed by atoms with Crippen LogP contribution in [0.4, 0.5) is 4.39 Å². The van der Waals surface area contributed by atoms with E-state index in [4.69, 9.17) is 23.2 Å². The second-order valence-electron chi connectivity index (χ2n) is 2.49. The van der Waals surface area contributed by atoms with Crippen LogP contribution in [-0.2, 0) is 0 Å². The van der Waals surface area contributed by atoms with Gasteiger partial charge in [0.25, 0.3) is 0 Å². The molecule has 0 amide bonds. The number of alkyl halides is 2. The molecule has 0 aliphatic heterocycles. The Morgan fingerprint density at radius 1 is 1.38 bits per heavy atom. The summed E-state index contributed by atoms with van der Waals surface area (Å²) in [6, 6.07) is 5.20. The van der Waals surface area contributed by atoms with Crippen molar-refractivity contribution in [2.24, 2.45) is 0 Å². The highest BCUT2D eigenvalue weighted by Crippen LogP contribution is 2.10. The van der Waals surface area contributed by atoms with Crippen LogP contribution in [0.15, 0.2) is 24.3 Å². The molecule has 1 aromatic rings. The van der Waals surface area contributed by atoms with E-state index in [9.17, 15) is 9.18 Å². The van der Waals surface area contributed by atoms with Gasteiger partial charge in [-0.25, -0.2) is 4.39 Å². The zero-order valence-corrected chi connectivity index (χ0v) is 8.15. The summed E-state index contributed by atoms with van der Waals surface area (Å²) in [5.74, 6) is -0.609. The summed E-state index contributed by atoms with van der Waals surface area (Å²) in [6.07, 6.45) is 0. The number of carbonyl (C=O) groups is 1. The van der Waals surface area contributed by atoms with E-state index in [-0.39, 0.29) is 17.5 Å². The largest absolute Gasteiger partial charge is 0.292 e. The van der Waals surface area contributed by atoms with Gasteiger partial charge in [-0.2, -0.15) is 0 Å². The van der Waals surface area contributed by atoms with Crippen molar-refractivity contribution >= 4 is 29.0 Å². The van der Waals surface area contributed by atoms with Crippen LogP contribution in [-0.4, -0.2) is 17.0 Å². The summed E-state index contributed by atoms with van der Waals surface area (Å²) >= 11 is 11.0. The third-order valence-electron chi connectivity index (χ3n) is 1.55.